The number of unbranched alkanes of at least 4 members (excludes halogenated alkanes) is 2. The number of aromatic amines is 1. The van der Waals surface area contributed by atoms with E-state index in [1.165, 1.54) is 16.2 Å². The van der Waals surface area contributed by atoms with E-state index in [9.17, 15) is 0 Å². The van der Waals surface area contributed by atoms with E-state index in [2.05, 4.69) is 118 Å². The SMILES string of the molecule is CCCCN(CCCC)n1[nH]n(-c2cccc3ccccc23)c(N)c(-c2cccc3ccccc23)s1. The van der Waals surface area contributed by atoms with Crippen molar-refractivity contribution in [3.05, 3.63) is 84.9 Å². The molecule has 0 bridgehead atoms. The zero-order valence-electron chi connectivity index (χ0n) is 21.2. The van der Waals surface area contributed by atoms with E-state index in [4.69, 9.17) is 5.73 Å². The highest BCUT2D eigenvalue weighted by Crippen LogP contribution is 2.36. The molecule has 0 radical (unpaired) electrons. The lowest BCUT2D eigenvalue weighted by Crippen LogP contribution is -2.38. The van der Waals surface area contributed by atoms with E-state index in [0.717, 1.165) is 60.3 Å². The van der Waals surface area contributed by atoms with E-state index in [-0.39, 0.29) is 0 Å². The largest absolute Gasteiger partial charge is 0.382 e. The molecule has 0 fully saturated rings. The van der Waals surface area contributed by atoms with Gasteiger partial charge in [-0.2, -0.15) is 0 Å². The summed E-state index contributed by atoms with van der Waals surface area (Å²) < 4.78 is 4.25. The summed E-state index contributed by atoms with van der Waals surface area (Å²) in [4.78, 5) is 1.05. The quantitative estimate of drug-likeness (QED) is 0.218. The maximum Gasteiger partial charge on any atom is 0.144 e. The first kappa shape index (κ1) is 24.1. The summed E-state index contributed by atoms with van der Waals surface area (Å²) in [6.07, 6.45) is 4.59. The molecule has 0 saturated carbocycles. The number of aromatic nitrogens is 3. The molecule has 0 saturated heterocycles. The van der Waals surface area contributed by atoms with Crippen LogP contribution in [0, 0.1) is 0 Å². The summed E-state index contributed by atoms with van der Waals surface area (Å²) in [5.41, 5.74) is 9.20. The van der Waals surface area contributed by atoms with Gasteiger partial charge in [0.25, 0.3) is 0 Å². The smallest absolute Gasteiger partial charge is 0.144 e. The number of fused-ring (bicyclic) bond motifs is 2. The molecule has 5 nitrogen and oxygen atoms in total. The molecule has 3 N–H and O–H groups in total. The highest BCUT2D eigenvalue weighted by molar-refractivity contribution is 7.10. The highest BCUT2D eigenvalue weighted by atomic mass is 32.1. The van der Waals surface area contributed by atoms with Crippen molar-refractivity contribution >= 4 is 38.9 Å². The first-order valence-electron chi connectivity index (χ1n) is 13.0. The van der Waals surface area contributed by atoms with Gasteiger partial charge in [-0.3, -0.25) is 5.01 Å². The fourth-order valence-electron chi connectivity index (χ4n) is 4.69. The Labute approximate surface area is 217 Å². The maximum absolute atomic E-state index is 7.01. The summed E-state index contributed by atoms with van der Waals surface area (Å²) in [7, 11) is 0. The molecule has 1 aromatic heterocycles. The van der Waals surface area contributed by atoms with Gasteiger partial charge in [-0.25, -0.2) is 9.90 Å². The predicted molar refractivity (Wildman–Crippen MR) is 156 cm³/mol. The van der Waals surface area contributed by atoms with Crippen LogP contribution in [-0.4, -0.2) is 27.2 Å². The fourth-order valence-corrected chi connectivity index (χ4v) is 5.72. The molecule has 0 aliphatic heterocycles. The number of rotatable bonds is 9. The van der Waals surface area contributed by atoms with Crippen molar-refractivity contribution in [2.75, 3.05) is 23.8 Å². The van der Waals surface area contributed by atoms with Gasteiger partial charge in [0.15, 0.2) is 0 Å². The van der Waals surface area contributed by atoms with Gasteiger partial charge < -0.3 is 5.73 Å². The minimum absolute atomic E-state index is 0.704. The third kappa shape index (κ3) is 4.73. The number of hydrogen-bond acceptors (Lipinski definition) is 3. The molecule has 0 unspecified atom stereocenters. The molecule has 0 amide bonds. The van der Waals surface area contributed by atoms with E-state index in [1.807, 2.05) is 0 Å². The lowest BCUT2D eigenvalue weighted by atomic mass is 10.0. The third-order valence-electron chi connectivity index (χ3n) is 6.68. The standard InChI is InChI=1S/C30H35N5S/c1-3-5-21-33(22-6-4-2)35-32-34(28-20-12-16-24-14-8-10-18-26(24)28)30(31)29(36-35)27-19-11-15-23-13-7-9-17-25(23)27/h7-20,32H,3-6,21-22,31H2,1-2H3. The van der Waals surface area contributed by atoms with Gasteiger partial charge in [-0.15, -0.1) is 4.18 Å². The fraction of sp³-hybridized carbons (Fsp3) is 0.267. The average molecular weight is 498 g/mol. The molecular formula is C30H35N5S. The Hall–Kier alpha value is -3.64. The van der Waals surface area contributed by atoms with Gasteiger partial charge in [0.05, 0.1) is 10.6 Å². The summed E-state index contributed by atoms with van der Waals surface area (Å²) in [5.74, 6) is 0.704. The number of anilines is 1. The average Bonchev–Trinajstić information content (AvgIpc) is 2.93. The van der Waals surface area contributed by atoms with Gasteiger partial charge in [0.2, 0.25) is 0 Å². The zero-order chi connectivity index (χ0) is 24.9. The van der Waals surface area contributed by atoms with Crippen LogP contribution in [0.4, 0.5) is 5.82 Å². The first-order chi connectivity index (χ1) is 17.7. The lowest BCUT2D eigenvalue weighted by molar-refractivity contribution is 0.495. The second-order valence-corrected chi connectivity index (χ2v) is 10.1. The number of nitrogen functional groups attached to an aromatic ring is 1. The monoisotopic (exact) mass is 497 g/mol. The Morgan fingerprint density at radius 2 is 1.33 bits per heavy atom. The van der Waals surface area contributed by atoms with Crippen molar-refractivity contribution in [1.29, 1.82) is 0 Å². The lowest BCUT2D eigenvalue weighted by Gasteiger charge is -2.29. The van der Waals surface area contributed by atoms with E-state index in [0.29, 0.717) is 5.82 Å². The number of benzene rings is 4. The minimum Gasteiger partial charge on any atom is -0.382 e. The van der Waals surface area contributed by atoms with Crippen LogP contribution in [0.3, 0.4) is 0 Å². The zero-order valence-corrected chi connectivity index (χ0v) is 22.0. The van der Waals surface area contributed by atoms with Gasteiger partial charge in [0, 0.05) is 24.0 Å². The molecule has 0 atom stereocenters. The summed E-state index contributed by atoms with van der Waals surface area (Å²) in [6.45, 7) is 6.47. The van der Waals surface area contributed by atoms with Crippen molar-refractivity contribution in [1.82, 2.24) is 14.1 Å². The molecule has 0 aliphatic rings. The first-order valence-corrected chi connectivity index (χ1v) is 13.7. The molecule has 5 aromatic rings. The summed E-state index contributed by atoms with van der Waals surface area (Å²) in [6, 6.07) is 29.9. The van der Waals surface area contributed by atoms with Crippen molar-refractivity contribution in [2.45, 2.75) is 39.5 Å². The van der Waals surface area contributed by atoms with Gasteiger partial charge >= 0.3 is 0 Å². The second kappa shape index (κ2) is 11.0. The van der Waals surface area contributed by atoms with Crippen LogP contribution >= 0.6 is 11.5 Å². The van der Waals surface area contributed by atoms with Crippen molar-refractivity contribution < 1.29 is 0 Å². The number of nitrogens with two attached hydrogens (primary N) is 1. The molecule has 5 rings (SSSR count). The van der Waals surface area contributed by atoms with E-state index in [1.54, 1.807) is 11.5 Å². The molecule has 36 heavy (non-hydrogen) atoms. The van der Waals surface area contributed by atoms with Gasteiger partial charge in [-0.05, 0) is 46.6 Å². The highest BCUT2D eigenvalue weighted by Gasteiger charge is 2.17. The Morgan fingerprint density at radius 3 is 2.03 bits per heavy atom. The Morgan fingerprint density at radius 1 is 0.750 bits per heavy atom. The maximum atomic E-state index is 7.01. The Kier molecular flexibility index (Phi) is 7.33. The summed E-state index contributed by atoms with van der Waals surface area (Å²) >= 11 is 1.68. The summed E-state index contributed by atoms with van der Waals surface area (Å²) in [5, 5.41) is 10.8. The second-order valence-electron chi connectivity index (χ2n) is 9.20. The molecule has 186 valence electrons. The number of nitrogens with one attached hydrogen (secondary N) is 1. The van der Waals surface area contributed by atoms with Crippen molar-refractivity contribution in [2.24, 2.45) is 0 Å². The molecule has 6 heteroatoms. The van der Waals surface area contributed by atoms with Crippen LogP contribution in [0.15, 0.2) is 84.9 Å². The molecule has 4 aromatic carbocycles. The molecule has 1 heterocycles. The van der Waals surface area contributed by atoms with Gasteiger partial charge in [0.1, 0.15) is 5.82 Å². The number of H-pyrrole nitrogens is 1. The van der Waals surface area contributed by atoms with Crippen LogP contribution < -0.4 is 10.7 Å². The Balaban J connectivity index is 1.78. The normalized spacial score (nSPS) is 11.3. The van der Waals surface area contributed by atoms with Crippen molar-refractivity contribution in [3.63, 3.8) is 0 Å². The number of nitrogens with zero attached hydrogens (tertiary/aromatic N) is 3. The van der Waals surface area contributed by atoms with E-state index >= 15 is 0 Å². The van der Waals surface area contributed by atoms with Crippen LogP contribution in [0.1, 0.15) is 39.5 Å². The molecular weight excluding hydrogens is 462 g/mol. The predicted octanol–water partition coefficient (Wildman–Crippen LogP) is 7.89. The van der Waals surface area contributed by atoms with Crippen LogP contribution in [0.25, 0.3) is 37.7 Å². The third-order valence-corrected chi connectivity index (χ3v) is 7.77. The van der Waals surface area contributed by atoms with Crippen LogP contribution in [0.5, 0.6) is 0 Å². The van der Waals surface area contributed by atoms with Crippen molar-refractivity contribution in [3.8, 4) is 16.1 Å². The topological polar surface area (TPSA) is 54.9 Å². The Bertz CT molecular complexity index is 1380. The number of hydrogen-bond donors (Lipinski definition) is 2. The molecule has 0 spiro atoms. The minimum atomic E-state index is 0.704. The van der Waals surface area contributed by atoms with Crippen LogP contribution in [-0.2, 0) is 0 Å². The van der Waals surface area contributed by atoms with Crippen LogP contribution in [0.2, 0.25) is 0 Å². The van der Waals surface area contributed by atoms with Gasteiger partial charge in [-0.1, -0.05) is 106 Å². The molecule has 0 aliphatic carbocycles. The van der Waals surface area contributed by atoms with E-state index < -0.39 is 0 Å².